The molecule has 0 aliphatic heterocycles. The quantitative estimate of drug-likeness (QED) is 0.638. The normalized spacial score (nSPS) is 14.8. The third kappa shape index (κ3) is 3.43. The van der Waals surface area contributed by atoms with Gasteiger partial charge in [-0.15, -0.1) is 12.3 Å². The first-order valence-electron chi connectivity index (χ1n) is 4.29. The fourth-order valence-electron chi connectivity index (χ4n) is 1.32. The van der Waals surface area contributed by atoms with Crippen molar-refractivity contribution >= 4 is 5.97 Å². The van der Waals surface area contributed by atoms with Crippen LogP contribution in [0.4, 0.5) is 0 Å². The lowest BCUT2D eigenvalue weighted by Gasteiger charge is -2.16. The molecule has 0 fully saturated rings. The molecule has 0 spiro atoms. The molecule has 0 heterocycles. The zero-order valence-electron chi connectivity index (χ0n) is 7.71. The van der Waals surface area contributed by atoms with Crippen LogP contribution in [-0.4, -0.2) is 11.1 Å². The first-order valence-corrected chi connectivity index (χ1v) is 4.29. The van der Waals surface area contributed by atoms with E-state index in [-0.39, 0.29) is 11.8 Å². The Morgan fingerprint density at radius 2 is 2.25 bits per heavy atom. The van der Waals surface area contributed by atoms with Gasteiger partial charge in [0.05, 0.1) is 5.92 Å². The molecule has 2 heteroatoms. The summed E-state index contributed by atoms with van der Waals surface area (Å²) < 4.78 is 0. The minimum Gasteiger partial charge on any atom is -0.481 e. The number of terminal acetylenes is 1. The van der Waals surface area contributed by atoms with Gasteiger partial charge in [0.2, 0.25) is 0 Å². The van der Waals surface area contributed by atoms with E-state index in [0.29, 0.717) is 6.42 Å². The van der Waals surface area contributed by atoms with E-state index in [4.69, 9.17) is 11.5 Å². The van der Waals surface area contributed by atoms with Crippen LogP contribution in [-0.2, 0) is 4.79 Å². The Balaban J connectivity index is 4.11. The van der Waals surface area contributed by atoms with Crippen molar-refractivity contribution in [3.05, 3.63) is 0 Å². The number of rotatable bonds is 5. The average Bonchev–Trinajstić information content (AvgIpc) is 1.99. The van der Waals surface area contributed by atoms with Crippen molar-refractivity contribution in [1.82, 2.24) is 0 Å². The van der Waals surface area contributed by atoms with Crippen molar-refractivity contribution in [3.8, 4) is 12.3 Å². The molecule has 0 bridgehead atoms. The second-order valence-corrected chi connectivity index (χ2v) is 3.12. The summed E-state index contributed by atoms with van der Waals surface area (Å²) in [4.78, 5) is 10.7. The predicted molar refractivity (Wildman–Crippen MR) is 48.6 cm³/mol. The zero-order chi connectivity index (χ0) is 9.56. The van der Waals surface area contributed by atoms with Crippen molar-refractivity contribution in [3.63, 3.8) is 0 Å². The Hall–Kier alpha value is -0.970. The first kappa shape index (κ1) is 11.0. The molecule has 0 aliphatic carbocycles. The zero-order valence-corrected chi connectivity index (χ0v) is 7.71. The van der Waals surface area contributed by atoms with E-state index in [1.54, 1.807) is 0 Å². The van der Waals surface area contributed by atoms with Gasteiger partial charge in [0.15, 0.2) is 0 Å². The Kier molecular flexibility index (Phi) is 5.19. The van der Waals surface area contributed by atoms with Crippen LogP contribution < -0.4 is 0 Å². The summed E-state index contributed by atoms with van der Waals surface area (Å²) in [7, 11) is 0. The molecule has 2 atom stereocenters. The molecule has 0 saturated heterocycles. The summed E-state index contributed by atoms with van der Waals surface area (Å²) in [6, 6.07) is 0. The van der Waals surface area contributed by atoms with Crippen LogP contribution in [0, 0.1) is 24.2 Å². The standard InChI is InChI=1S/C10H16O2/c1-4-6-8(3)9(7-5-2)10(11)12/h2,8-9H,4,6-7H2,1,3H3,(H,11,12). The lowest BCUT2D eigenvalue weighted by Crippen LogP contribution is -2.21. The number of hydrogen-bond acceptors (Lipinski definition) is 1. The van der Waals surface area contributed by atoms with Crippen molar-refractivity contribution < 1.29 is 9.90 Å². The molecule has 0 rings (SSSR count). The van der Waals surface area contributed by atoms with Crippen molar-refractivity contribution in [2.45, 2.75) is 33.1 Å². The van der Waals surface area contributed by atoms with Crippen LogP contribution in [0.3, 0.4) is 0 Å². The molecule has 0 aromatic heterocycles. The molecule has 0 amide bonds. The maximum atomic E-state index is 10.7. The lowest BCUT2D eigenvalue weighted by molar-refractivity contribution is -0.143. The van der Waals surface area contributed by atoms with Gasteiger partial charge in [-0.25, -0.2) is 0 Å². The van der Waals surface area contributed by atoms with E-state index < -0.39 is 5.97 Å². The van der Waals surface area contributed by atoms with Crippen LogP contribution in [0.1, 0.15) is 33.1 Å². The Bertz CT molecular complexity index is 179. The number of carboxylic acid groups (broad SMARTS) is 1. The molecule has 0 aliphatic rings. The van der Waals surface area contributed by atoms with E-state index in [1.807, 2.05) is 13.8 Å². The summed E-state index contributed by atoms with van der Waals surface area (Å²) in [6.45, 7) is 3.99. The minimum atomic E-state index is -0.770. The Morgan fingerprint density at radius 3 is 2.58 bits per heavy atom. The maximum absolute atomic E-state index is 10.7. The highest BCUT2D eigenvalue weighted by Crippen LogP contribution is 2.20. The van der Waals surface area contributed by atoms with Gasteiger partial charge in [0, 0.05) is 6.42 Å². The van der Waals surface area contributed by atoms with Crippen molar-refractivity contribution in [2.24, 2.45) is 11.8 Å². The van der Waals surface area contributed by atoms with Gasteiger partial charge < -0.3 is 5.11 Å². The summed E-state index contributed by atoms with van der Waals surface area (Å²) >= 11 is 0. The lowest BCUT2D eigenvalue weighted by atomic mass is 9.88. The monoisotopic (exact) mass is 168 g/mol. The topological polar surface area (TPSA) is 37.3 Å². The fourth-order valence-corrected chi connectivity index (χ4v) is 1.32. The van der Waals surface area contributed by atoms with Gasteiger partial charge in [0.1, 0.15) is 0 Å². The fraction of sp³-hybridized carbons (Fsp3) is 0.700. The number of hydrogen-bond donors (Lipinski definition) is 1. The van der Waals surface area contributed by atoms with Crippen LogP contribution >= 0.6 is 0 Å². The van der Waals surface area contributed by atoms with Crippen LogP contribution in [0.2, 0.25) is 0 Å². The smallest absolute Gasteiger partial charge is 0.307 e. The molecular weight excluding hydrogens is 152 g/mol. The van der Waals surface area contributed by atoms with Crippen molar-refractivity contribution in [1.29, 1.82) is 0 Å². The molecule has 2 nitrogen and oxygen atoms in total. The van der Waals surface area contributed by atoms with Gasteiger partial charge in [-0.3, -0.25) is 4.79 Å². The number of carboxylic acids is 1. The van der Waals surface area contributed by atoms with Crippen LogP contribution in [0.25, 0.3) is 0 Å². The average molecular weight is 168 g/mol. The summed E-state index contributed by atoms with van der Waals surface area (Å²) in [5.41, 5.74) is 0. The Labute approximate surface area is 74.0 Å². The van der Waals surface area contributed by atoms with Gasteiger partial charge in [-0.2, -0.15) is 0 Å². The maximum Gasteiger partial charge on any atom is 0.307 e. The van der Waals surface area contributed by atoms with Gasteiger partial charge in [-0.05, 0) is 5.92 Å². The second-order valence-electron chi connectivity index (χ2n) is 3.12. The molecule has 2 unspecified atom stereocenters. The molecular formula is C10H16O2. The number of carbonyl (C=O) groups is 1. The van der Waals surface area contributed by atoms with Crippen molar-refractivity contribution in [2.75, 3.05) is 0 Å². The van der Waals surface area contributed by atoms with Crippen LogP contribution in [0.15, 0.2) is 0 Å². The Morgan fingerprint density at radius 1 is 1.67 bits per heavy atom. The molecule has 0 aromatic rings. The van der Waals surface area contributed by atoms with Crippen LogP contribution in [0.5, 0.6) is 0 Å². The SMILES string of the molecule is C#CCC(C(=O)O)C(C)CCC. The highest BCUT2D eigenvalue weighted by atomic mass is 16.4. The molecule has 68 valence electrons. The van der Waals surface area contributed by atoms with E-state index in [1.165, 1.54) is 0 Å². The molecule has 12 heavy (non-hydrogen) atoms. The highest BCUT2D eigenvalue weighted by molar-refractivity contribution is 5.70. The van der Waals surface area contributed by atoms with E-state index in [2.05, 4.69) is 5.92 Å². The van der Waals surface area contributed by atoms with Gasteiger partial charge in [-0.1, -0.05) is 26.7 Å². The second kappa shape index (κ2) is 5.65. The summed E-state index contributed by atoms with van der Waals surface area (Å²) in [5, 5.41) is 8.81. The predicted octanol–water partition coefficient (Wildman–Crippen LogP) is 2.15. The molecule has 0 radical (unpaired) electrons. The van der Waals surface area contributed by atoms with E-state index in [0.717, 1.165) is 12.8 Å². The third-order valence-electron chi connectivity index (χ3n) is 2.09. The summed E-state index contributed by atoms with van der Waals surface area (Å²) in [6.07, 6.45) is 7.37. The van der Waals surface area contributed by atoms with E-state index >= 15 is 0 Å². The van der Waals surface area contributed by atoms with Gasteiger partial charge in [0.25, 0.3) is 0 Å². The number of aliphatic carboxylic acids is 1. The van der Waals surface area contributed by atoms with Gasteiger partial charge >= 0.3 is 5.97 Å². The van der Waals surface area contributed by atoms with E-state index in [9.17, 15) is 4.79 Å². The molecule has 1 N–H and O–H groups in total. The largest absolute Gasteiger partial charge is 0.481 e. The minimum absolute atomic E-state index is 0.184. The molecule has 0 saturated carbocycles. The first-order chi connectivity index (χ1) is 5.63. The molecule has 0 aromatic carbocycles. The summed E-state index contributed by atoms with van der Waals surface area (Å²) in [5.74, 6) is 1.46. The third-order valence-corrected chi connectivity index (χ3v) is 2.09. The highest BCUT2D eigenvalue weighted by Gasteiger charge is 2.22.